The van der Waals surface area contributed by atoms with Gasteiger partial charge >= 0.3 is 6.18 Å². The van der Waals surface area contributed by atoms with Crippen molar-refractivity contribution in [3.8, 4) is 17.4 Å². The average molecular weight is 476 g/mol. The summed E-state index contributed by atoms with van der Waals surface area (Å²) in [6, 6.07) is 12.3. The van der Waals surface area contributed by atoms with Crippen molar-refractivity contribution in [2.75, 3.05) is 0 Å². The first-order valence-electron chi connectivity index (χ1n) is 8.94. The van der Waals surface area contributed by atoms with Gasteiger partial charge in [-0.15, -0.1) is 0 Å². The van der Waals surface area contributed by atoms with Gasteiger partial charge in [-0.25, -0.2) is 4.98 Å². The van der Waals surface area contributed by atoms with E-state index < -0.39 is 17.3 Å². The van der Waals surface area contributed by atoms with Crippen molar-refractivity contribution in [3.63, 3.8) is 0 Å². The number of nitrogens with one attached hydrogen (secondary N) is 1. The van der Waals surface area contributed by atoms with E-state index in [1.165, 1.54) is 24.3 Å². The first-order valence-corrected chi connectivity index (χ1v) is 9.70. The predicted molar refractivity (Wildman–Crippen MR) is 115 cm³/mol. The van der Waals surface area contributed by atoms with E-state index in [1.54, 1.807) is 12.1 Å². The maximum absolute atomic E-state index is 13.0. The second kappa shape index (κ2) is 8.19. The summed E-state index contributed by atoms with van der Waals surface area (Å²) in [6.45, 7) is 0. The number of fused-ring (bicyclic) bond motifs is 1. The van der Waals surface area contributed by atoms with Crippen LogP contribution in [-0.4, -0.2) is 9.97 Å². The highest BCUT2D eigenvalue weighted by atomic mass is 35.5. The van der Waals surface area contributed by atoms with Crippen molar-refractivity contribution in [2.24, 2.45) is 0 Å². The van der Waals surface area contributed by atoms with Crippen LogP contribution in [0.15, 0.2) is 57.7 Å². The molecule has 2 aromatic heterocycles. The Balaban J connectivity index is 1.74. The highest BCUT2D eigenvalue weighted by molar-refractivity contribution is 6.33. The number of halogens is 5. The number of benzene rings is 2. The Bertz CT molecular complexity index is 1480. The molecule has 0 amide bonds. The Kier molecular flexibility index (Phi) is 5.55. The fraction of sp³-hybridized carbons (Fsp3) is 0.0455. The highest BCUT2D eigenvalue weighted by Gasteiger charge is 2.31. The van der Waals surface area contributed by atoms with Gasteiger partial charge in [-0.3, -0.25) is 4.79 Å². The second-order valence-corrected chi connectivity index (χ2v) is 7.48. The number of furan rings is 1. The zero-order valence-electron chi connectivity index (χ0n) is 15.8. The number of allylic oxidation sites excluding steroid dienone is 1. The van der Waals surface area contributed by atoms with Crippen LogP contribution < -0.4 is 5.56 Å². The molecule has 0 aliphatic heterocycles. The van der Waals surface area contributed by atoms with Crippen molar-refractivity contribution in [1.82, 2.24) is 9.97 Å². The third-order valence-electron chi connectivity index (χ3n) is 4.52. The third kappa shape index (κ3) is 4.26. The summed E-state index contributed by atoms with van der Waals surface area (Å²) in [5, 5.41) is 10.3. The fourth-order valence-electron chi connectivity index (χ4n) is 3.00. The first kappa shape index (κ1) is 21.7. The van der Waals surface area contributed by atoms with E-state index in [1.807, 2.05) is 6.07 Å². The Morgan fingerprint density at radius 1 is 1.12 bits per heavy atom. The molecule has 0 aliphatic rings. The van der Waals surface area contributed by atoms with Crippen molar-refractivity contribution in [3.05, 3.63) is 86.1 Å². The van der Waals surface area contributed by atoms with E-state index in [0.717, 1.165) is 18.2 Å². The molecule has 0 bridgehead atoms. The summed E-state index contributed by atoms with van der Waals surface area (Å²) in [6.07, 6.45) is -3.23. The molecule has 0 saturated carbocycles. The zero-order chi connectivity index (χ0) is 23.0. The predicted octanol–water partition coefficient (Wildman–Crippen LogP) is 6.57. The Morgan fingerprint density at radius 3 is 2.62 bits per heavy atom. The number of nitriles is 1. The van der Waals surface area contributed by atoms with Gasteiger partial charge in [0.2, 0.25) is 0 Å². The largest absolute Gasteiger partial charge is 0.457 e. The lowest BCUT2D eigenvalue weighted by Gasteiger charge is -2.09. The summed E-state index contributed by atoms with van der Waals surface area (Å²) in [5.41, 5.74) is -0.986. The molecule has 10 heteroatoms. The Morgan fingerprint density at radius 2 is 1.91 bits per heavy atom. The molecular formula is C22H10Cl2F3N3O2. The van der Waals surface area contributed by atoms with Crippen molar-refractivity contribution < 1.29 is 17.6 Å². The molecule has 0 atom stereocenters. The van der Waals surface area contributed by atoms with Gasteiger partial charge in [0.15, 0.2) is 5.82 Å². The maximum atomic E-state index is 13.0. The standard InChI is InChI=1S/C22H10Cl2F3N3O2/c23-13-2-5-18-16(9-13)21(31)30-20(29-18)11(10-28)7-14-3-6-19(32-14)15-8-12(22(25,26)27)1-4-17(15)24/h1-9H,(H,29,30,31)/b11-7+. The normalized spacial score (nSPS) is 12.2. The molecule has 5 nitrogen and oxygen atoms in total. The van der Waals surface area contributed by atoms with Gasteiger partial charge < -0.3 is 9.40 Å². The summed E-state index contributed by atoms with van der Waals surface area (Å²) in [5.74, 6) is 0.241. The number of hydrogen-bond acceptors (Lipinski definition) is 4. The van der Waals surface area contributed by atoms with Crippen LogP contribution in [0, 0.1) is 11.3 Å². The van der Waals surface area contributed by atoms with Crippen LogP contribution in [0.2, 0.25) is 10.0 Å². The van der Waals surface area contributed by atoms with Gasteiger partial charge in [0, 0.05) is 16.7 Å². The lowest BCUT2D eigenvalue weighted by molar-refractivity contribution is -0.137. The maximum Gasteiger partial charge on any atom is 0.416 e. The molecule has 1 N–H and O–H groups in total. The van der Waals surface area contributed by atoms with Crippen LogP contribution in [0.3, 0.4) is 0 Å². The summed E-state index contributed by atoms with van der Waals surface area (Å²) in [7, 11) is 0. The lowest BCUT2D eigenvalue weighted by Crippen LogP contribution is -2.11. The molecule has 4 rings (SSSR count). The molecular weight excluding hydrogens is 466 g/mol. The van der Waals surface area contributed by atoms with E-state index in [-0.39, 0.29) is 38.9 Å². The molecule has 0 spiro atoms. The SMILES string of the molecule is N#C/C(=C\c1ccc(-c2cc(C(F)(F)F)ccc2Cl)o1)c1nc2ccc(Cl)cc2c(=O)[nH]1. The minimum atomic E-state index is -4.54. The van der Waals surface area contributed by atoms with Crippen LogP contribution in [0.5, 0.6) is 0 Å². The molecule has 0 aliphatic carbocycles. The van der Waals surface area contributed by atoms with Crippen molar-refractivity contribution in [2.45, 2.75) is 6.18 Å². The zero-order valence-corrected chi connectivity index (χ0v) is 17.3. The van der Waals surface area contributed by atoms with Gasteiger partial charge in [-0.2, -0.15) is 18.4 Å². The number of aromatic nitrogens is 2. The number of nitrogens with zero attached hydrogens (tertiary/aromatic N) is 2. The summed E-state index contributed by atoms with van der Waals surface area (Å²) < 4.78 is 44.7. The van der Waals surface area contributed by atoms with Gasteiger partial charge in [-0.05, 0) is 48.5 Å². The lowest BCUT2D eigenvalue weighted by atomic mass is 10.1. The van der Waals surface area contributed by atoms with Gasteiger partial charge in [0.1, 0.15) is 17.6 Å². The van der Waals surface area contributed by atoms with E-state index in [0.29, 0.717) is 10.5 Å². The molecule has 4 aromatic rings. The molecule has 32 heavy (non-hydrogen) atoms. The Labute approximate surface area is 188 Å². The third-order valence-corrected chi connectivity index (χ3v) is 5.08. The number of hydrogen-bond donors (Lipinski definition) is 1. The van der Waals surface area contributed by atoms with Crippen LogP contribution in [-0.2, 0) is 6.18 Å². The molecule has 0 saturated heterocycles. The topological polar surface area (TPSA) is 82.7 Å². The van der Waals surface area contributed by atoms with Gasteiger partial charge in [0.05, 0.1) is 27.1 Å². The molecule has 2 aromatic carbocycles. The monoisotopic (exact) mass is 475 g/mol. The van der Waals surface area contributed by atoms with Crippen LogP contribution >= 0.6 is 23.2 Å². The molecule has 0 fully saturated rings. The van der Waals surface area contributed by atoms with Crippen LogP contribution in [0.25, 0.3) is 33.9 Å². The van der Waals surface area contributed by atoms with Crippen molar-refractivity contribution in [1.29, 1.82) is 5.26 Å². The van der Waals surface area contributed by atoms with Crippen LogP contribution in [0.4, 0.5) is 13.2 Å². The molecule has 0 radical (unpaired) electrons. The number of rotatable bonds is 3. The van der Waals surface area contributed by atoms with Crippen molar-refractivity contribution >= 4 is 45.8 Å². The number of aromatic amines is 1. The fourth-order valence-corrected chi connectivity index (χ4v) is 3.38. The molecule has 160 valence electrons. The van der Waals surface area contributed by atoms with E-state index in [9.17, 15) is 23.2 Å². The molecule has 0 unspecified atom stereocenters. The average Bonchev–Trinajstić information content (AvgIpc) is 3.20. The minimum absolute atomic E-state index is 0.00220. The van der Waals surface area contributed by atoms with E-state index in [4.69, 9.17) is 27.6 Å². The highest BCUT2D eigenvalue weighted by Crippen LogP contribution is 2.36. The minimum Gasteiger partial charge on any atom is -0.457 e. The summed E-state index contributed by atoms with van der Waals surface area (Å²) >= 11 is 11.9. The van der Waals surface area contributed by atoms with Gasteiger partial charge in [0.25, 0.3) is 5.56 Å². The molecule has 2 heterocycles. The first-order chi connectivity index (χ1) is 15.2. The number of alkyl halides is 3. The Hall–Kier alpha value is -3.54. The summed E-state index contributed by atoms with van der Waals surface area (Å²) in [4.78, 5) is 19.1. The smallest absolute Gasteiger partial charge is 0.416 e. The second-order valence-electron chi connectivity index (χ2n) is 6.64. The quantitative estimate of drug-likeness (QED) is 0.339. The van der Waals surface area contributed by atoms with Crippen LogP contribution in [0.1, 0.15) is 17.1 Å². The van der Waals surface area contributed by atoms with E-state index in [2.05, 4.69) is 9.97 Å². The van der Waals surface area contributed by atoms with E-state index >= 15 is 0 Å². The number of H-pyrrole nitrogens is 1. The van der Waals surface area contributed by atoms with Gasteiger partial charge in [-0.1, -0.05) is 23.2 Å².